The monoisotopic (exact) mass is 398 g/mol. The van der Waals surface area contributed by atoms with Crippen LogP contribution in [0.2, 0.25) is 0 Å². The molecule has 3 aromatic carbocycles. The molecular formula is C22H23BrS. The summed E-state index contributed by atoms with van der Waals surface area (Å²) in [7, 11) is -1.48. The molecule has 0 radical (unpaired) electrons. The van der Waals surface area contributed by atoms with Crippen molar-refractivity contribution in [1.82, 2.24) is 0 Å². The summed E-state index contributed by atoms with van der Waals surface area (Å²) in [5.41, 5.74) is 1.48. The van der Waals surface area contributed by atoms with Gasteiger partial charge in [-0.15, -0.1) is 8.46 Å². The minimum Gasteiger partial charge on any atom is -0.101 e. The Morgan fingerprint density at radius 1 is 0.625 bits per heavy atom. The van der Waals surface area contributed by atoms with Gasteiger partial charge >= 0.3 is 0 Å². The molecule has 0 unspecified atom stereocenters. The lowest BCUT2D eigenvalue weighted by molar-refractivity contribution is 0.577. The van der Waals surface area contributed by atoms with E-state index in [-0.39, 0.29) is 5.41 Å². The van der Waals surface area contributed by atoms with Gasteiger partial charge in [0.1, 0.15) is 0 Å². The van der Waals surface area contributed by atoms with Crippen molar-refractivity contribution in [2.45, 2.75) is 40.9 Å². The molecule has 0 spiro atoms. The smallest absolute Gasteiger partial charge is 0.0116 e. The molecule has 0 nitrogen and oxygen atoms in total. The molecule has 0 bridgehead atoms. The molecule has 0 aromatic heterocycles. The molecule has 0 aliphatic carbocycles. The standard InChI is InChI=1S/C22H23BrS/c1-22(2,3)20-16-10-11-17-21(20)24(23,18-12-6-4-7-13-18)19-14-8-5-9-15-19/h4-17H,1-3H3. The summed E-state index contributed by atoms with van der Waals surface area (Å²) in [5.74, 6) is 0. The van der Waals surface area contributed by atoms with Gasteiger partial charge < -0.3 is 0 Å². The lowest BCUT2D eigenvalue weighted by Crippen LogP contribution is -2.14. The predicted molar refractivity (Wildman–Crippen MR) is 109 cm³/mol. The van der Waals surface area contributed by atoms with Crippen LogP contribution in [0, 0.1) is 0 Å². The second-order valence-corrected chi connectivity index (χ2v) is 12.3. The normalized spacial score (nSPS) is 12.8. The fraction of sp³-hybridized carbons (Fsp3) is 0.182. The van der Waals surface area contributed by atoms with E-state index in [0.717, 1.165) is 0 Å². The predicted octanol–water partition coefficient (Wildman–Crippen LogP) is 7.58. The molecular weight excluding hydrogens is 376 g/mol. The molecule has 0 saturated heterocycles. The van der Waals surface area contributed by atoms with Crippen LogP contribution >= 0.6 is 23.3 Å². The first-order chi connectivity index (χ1) is 11.4. The Labute approximate surface area is 154 Å². The SMILES string of the molecule is CC(C)(C)c1ccccc1S(Br)(c1ccccc1)c1ccccc1. The van der Waals surface area contributed by atoms with Crippen LogP contribution in [0.4, 0.5) is 0 Å². The molecule has 0 N–H and O–H groups in total. The second kappa shape index (κ2) is 6.78. The van der Waals surface area contributed by atoms with Crippen LogP contribution in [0.3, 0.4) is 0 Å². The molecule has 2 heteroatoms. The molecule has 0 aliphatic heterocycles. The van der Waals surface area contributed by atoms with Crippen molar-refractivity contribution in [1.29, 1.82) is 0 Å². The van der Waals surface area contributed by atoms with Gasteiger partial charge in [0.05, 0.1) is 0 Å². The van der Waals surface area contributed by atoms with E-state index in [1.54, 1.807) is 0 Å². The molecule has 0 atom stereocenters. The third kappa shape index (κ3) is 3.18. The first-order valence-corrected chi connectivity index (χ1v) is 11.6. The minimum atomic E-state index is -1.48. The Morgan fingerprint density at radius 2 is 1.04 bits per heavy atom. The minimum absolute atomic E-state index is 0.0895. The van der Waals surface area contributed by atoms with Crippen molar-refractivity contribution >= 4 is 23.3 Å². The van der Waals surface area contributed by atoms with E-state index < -0.39 is 8.46 Å². The third-order valence-corrected chi connectivity index (χ3v) is 10.2. The van der Waals surface area contributed by atoms with Gasteiger partial charge in [-0.25, -0.2) is 0 Å². The molecule has 3 aromatic rings. The summed E-state index contributed by atoms with van der Waals surface area (Å²) in [6.45, 7) is 6.86. The summed E-state index contributed by atoms with van der Waals surface area (Å²) in [6.07, 6.45) is 0. The fourth-order valence-electron chi connectivity index (χ4n) is 2.94. The lowest BCUT2D eigenvalue weighted by Gasteiger charge is -2.39. The lowest BCUT2D eigenvalue weighted by atomic mass is 9.87. The fourth-order valence-corrected chi connectivity index (χ4v) is 7.87. The summed E-state index contributed by atoms with van der Waals surface area (Å²) in [6, 6.07) is 30.4. The van der Waals surface area contributed by atoms with Gasteiger partial charge in [0, 0.05) is 14.7 Å². The van der Waals surface area contributed by atoms with E-state index in [4.69, 9.17) is 0 Å². The molecule has 0 saturated carbocycles. The Morgan fingerprint density at radius 3 is 1.50 bits per heavy atom. The van der Waals surface area contributed by atoms with Crippen LogP contribution in [0.25, 0.3) is 0 Å². The zero-order valence-corrected chi connectivity index (χ0v) is 16.8. The maximum atomic E-state index is 4.24. The van der Waals surface area contributed by atoms with Crippen molar-refractivity contribution < 1.29 is 0 Å². The van der Waals surface area contributed by atoms with Crippen molar-refractivity contribution in [3.8, 4) is 0 Å². The van der Waals surface area contributed by atoms with E-state index in [2.05, 4.69) is 121 Å². The van der Waals surface area contributed by atoms with Crippen molar-refractivity contribution in [3.63, 3.8) is 0 Å². The van der Waals surface area contributed by atoms with Gasteiger partial charge in [-0.3, -0.25) is 0 Å². The summed E-state index contributed by atoms with van der Waals surface area (Å²) in [4.78, 5) is 4.04. The Hall–Kier alpha value is -1.51. The van der Waals surface area contributed by atoms with Crippen LogP contribution < -0.4 is 0 Å². The largest absolute Gasteiger partial charge is 0.101 e. The second-order valence-electron chi connectivity index (χ2n) is 6.91. The van der Waals surface area contributed by atoms with Crippen molar-refractivity contribution in [3.05, 3.63) is 90.5 Å². The zero-order valence-electron chi connectivity index (χ0n) is 14.4. The van der Waals surface area contributed by atoms with Crippen LogP contribution in [0.5, 0.6) is 0 Å². The number of hydrogen-bond donors (Lipinski definition) is 0. The van der Waals surface area contributed by atoms with Crippen LogP contribution in [-0.4, -0.2) is 0 Å². The van der Waals surface area contributed by atoms with Gasteiger partial charge in [0.15, 0.2) is 0 Å². The van der Waals surface area contributed by atoms with Crippen LogP contribution in [0.15, 0.2) is 99.6 Å². The zero-order chi connectivity index (χ0) is 17.2. The quantitative estimate of drug-likeness (QED) is 0.426. The third-order valence-electron chi connectivity index (χ3n) is 4.13. The first kappa shape index (κ1) is 17.3. The average Bonchev–Trinajstić information content (AvgIpc) is 2.62. The Bertz CT molecular complexity index is 765. The van der Waals surface area contributed by atoms with Crippen molar-refractivity contribution in [2.75, 3.05) is 0 Å². The molecule has 0 heterocycles. The van der Waals surface area contributed by atoms with Gasteiger partial charge in [0.25, 0.3) is 0 Å². The highest BCUT2D eigenvalue weighted by molar-refractivity contribution is 9.58. The van der Waals surface area contributed by atoms with Gasteiger partial charge in [-0.05, 0) is 56.1 Å². The maximum absolute atomic E-state index is 4.24. The summed E-state index contributed by atoms with van der Waals surface area (Å²) < 4.78 is 0. The van der Waals surface area contributed by atoms with Crippen LogP contribution in [-0.2, 0) is 5.41 Å². The Balaban J connectivity index is 2.33. The molecule has 24 heavy (non-hydrogen) atoms. The highest BCUT2D eigenvalue weighted by atomic mass is 79.9. The molecule has 3 rings (SSSR count). The molecule has 124 valence electrons. The summed E-state index contributed by atoms with van der Waals surface area (Å²) >= 11 is 4.24. The van der Waals surface area contributed by atoms with E-state index in [1.165, 1.54) is 20.2 Å². The van der Waals surface area contributed by atoms with Gasteiger partial charge in [-0.2, -0.15) is 0 Å². The molecule has 0 aliphatic rings. The van der Waals surface area contributed by atoms with Gasteiger partial charge in [-0.1, -0.05) is 75.4 Å². The van der Waals surface area contributed by atoms with E-state index in [1.807, 2.05) is 0 Å². The van der Waals surface area contributed by atoms with Gasteiger partial charge in [0.2, 0.25) is 0 Å². The molecule has 0 fully saturated rings. The highest BCUT2D eigenvalue weighted by Crippen LogP contribution is 2.75. The van der Waals surface area contributed by atoms with E-state index in [0.29, 0.717) is 0 Å². The van der Waals surface area contributed by atoms with E-state index in [9.17, 15) is 0 Å². The van der Waals surface area contributed by atoms with E-state index >= 15 is 0 Å². The van der Waals surface area contributed by atoms with Crippen LogP contribution in [0.1, 0.15) is 26.3 Å². The Kier molecular flexibility index (Phi) is 4.89. The average molecular weight is 399 g/mol. The maximum Gasteiger partial charge on any atom is 0.0116 e. The first-order valence-electron chi connectivity index (χ1n) is 8.17. The molecule has 0 amide bonds. The number of rotatable bonds is 3. The highest BCUT2D eigenvalue weighted by Gasteiger charge is 2.32. The summed E-state index contributed by atoms with van der Waals surface area (Å²) in [5, 5.41) is 0. The number of hydrogen-bond acceptors (Lipinski definition) is 0. The topological polar surface area (TPSA) is 0 Å². The van der Waals surface area contributed by atoms with Crippen molar-refractivity contribution in [2.24, 2.45) is 0 Å². The number of benzene rings is 3. The number of halogens is 1.